The van der Waals surface area contributed by atoms with E-state index in [4.69, 9.17) is 0 Å². The minimum absolute atomic E-state index is 0.460. The van der Waals surface area contributed by atoms with Crippen LogP contribution in [0.1, 0.15) is 46.5 Å². The Morgan fingerprint density at radius 2 is 1.83 bits per heavy atom. The molecule has 2 aromatic rings. The first-order chi connectivity index (χ1) is 8.62. The summed E-state index contributed by atoms with van der Waals surface area (Å²) < 4.78 is 2.39. The lowest BCUT2D eigenvalue weighted by molar-refractivity contribution is 0.282. The van der Waals surface area contributed by atoms with Crippen molar-refractivity contribution in [3.05, 3.63) is 36.5 Å². The van der Waals surface area contributed by atoms with Crippen molar-refractivity contribution in [3.63, 3.8) is 0 Å². The third kappa shape index (κ3) is 3.16. The molecular weight excluding hydrogens is 218 g/mol. The van der Waals surface area contributed by atoms with Crippen LogP contribution in [-0.4, -0.2) is 4.57 Å². The molecule has 1 heterocycles. The van der Waals surface area contributed by atoms with Crippen LogP contribution >= 0.6 is 0 Å². The van der Waals surface area contributed by atoms with Crippen LogP contribution in [0.4, 0.5) is 0 Å². The molecule has 1 heteroatoms. The minimum Gasteiger partial charge on any atom is -0.347 e. The number of para-hydroxylation sites is 1. The maximum atomic E-state index is 2.40. The highest BCUT2D eigenvalue weighted by molar-refractivity contribution is 5.79. The Bertz CT molecular complexity index is 493. The Morgan fingerprint density at radius 3 is 2.61 bits per heavy atom. The monoisotopic (exact) mass is 243 g/mol. The lowest BCUT2D eigenvalue weighted by Gasteiger charge is -2.24. The number of hydrogen-bond donors (Lipinski definition) is 0. The number of benzene rings is 1. The summed E-state index contributed by atoms with van der Waals surface area (Å²) in [5.41, 5.74) is 1.82. The largest absolute Gasteiger partial charge is 0.347 e. The molecule has 0 bridgehead atoms. The molecule has 0 radical (unpaired) electrons. The molecule has 0 aliphatic carbocycles. The fourth-order valence-corrected chi connectivity index (χ4v) is 2.54. The molecule has 0 spiro atoms. The Kier molecular flexibility index (Phi) is 4.11. The maximum Gasteiger partial charge on any atom is 0.0480 e. The van der Waals surface area contributed by atoms with Gasteiger partial charge in [0.05, 0.1) is 0 Å². The van der Waals surface area contributed by atoms with Crippen molar-refractivity contribution in [3.8, 4) is 0 Å². The first-order valence-electron chi connectivity index (χ1n) is 7.16. The van der Waals surface area contributed by atoms with Crippen LogP contribution in [0.25, 0.3) is 10.9 Å². The van der Waals surface area contributed by atoms with E-state index in [0.29, 0.717) is 5.41 Å². The van der Waals surface area contributed by atoms with Gasteiger partial charge in [-0.25, -0.2) is 0 Å². The average molecular weight is 243 g/mol. The van der Waals surface area contributed by atoms with Crippen molar-refractivity contribution in [2.45, 2.75) is 53.0 Å². The predicted molar refractivity (Wildman–Crippen MR) is 79.9 cm³/mol. The normalized spacial score (nSPS) is 12.2. The smallest absolute Gasteiger partial charge is 0.0480 e. The Morgan fingerprint density at radius 1 is 1.06 bits per heavy atom. The van der Waals surface area contributed by atoms with Crippen LogP contribution < -0.4 is 0 Å². The van der Waals surface area contributed by atoms with E-state index < -0.39 is 0 Å². The topological polar surface area (TPSA) is 4.93 Å². The zero-order valence-corrected chi connectivity index (χ0v) is 11.9. The average Bonchev–Trinajstić information content (AvgIpc) is 2.78. The van der Waals surface area contributed by atoms with E-state index in [9.17, 15) is 0 Å². The second kappa shape index (κ2) is 5.60. The van der Waals surface area contributed by atoms with Gasteiger partial charge in [-0.15, -0.1) is 0 Å². The summed E-state index contributed by atoms with van der Waals surface area (Å²) in [4.78, 5) is 0. The van der Waals surface area contributed by atoms with Gasteiger partial charge in [-0.1, -0.05) is 51.8 Å². The summed E-state index contributed by atoms with van der Waals surface area (Å²) >= 11 is 0. The fraction of sp³-hybridized carbons (Fsp3) is 0.529. The molecule has 0 atom stereocenters. The summed E-state index contributed by atoms with van der Waals surface area (Å²) in [5.74, 6) is 0. The lowest BCUT2D eigenvalue weighted by atomic mass is 9.84. The van der Waals surface area contributed by atoms with E-state index in [2.05, 4.69) is 61.9 Å². The minimum atomic E-state index is 0.460. The third-order valence-electron chi connectivity index (χ3n) is 3.92. The molecular formula is C17H25N. The van der Waals surface area contributed by atoms with Crippen molar-refractivity contribution >= 4 is 10.9 Å². The summed E-state index contributed by atoms with van der Waals surface area (Å²) in [6.45, 7) is 8.20. The number of aromatic nitrogens is 1. The number of hydrogen-bond acceptors (Lipinski definition) is 0. The molecule has 0 saturated carbocycles. The molecule has 2 rings (SSSR count). The van der Waals surface area contributed by atoms with Gasteiger partial charge in [0.15, 0.2) is 0 Å². The SMILES string of the molecule is CCCCC(C)(C)CCn1ccc2ccccc21. The highest BCUT2D eigenvalue weighted by Crippen LogP contribution is 2.29. The molecule has 18 heavy (non-hydrogen) atoms. The molecule has 0 aliphatic rings. The van der Waals surface area contributed by atoms with Crippen LogP contribution in [0.15, 0.2) is 36.5 Å². The van der Waals surface area contributed by atoms with Gasteiger partial charge in [0.2, 0.25) is 0 Å². The van der Waals surface area contributed by atoms with E-state index in [1.165, 1.54) is 36.6 Å². The van der Waals surface area contributed by atoms with Gasteiger partial charge in [-0.3, -0.25) is 0 Å². The Balaban J connectivity index is 2.01. The van der Waals surface area contributed by atoms with E-state index in [0.717, 1.165) is 6.54 Å². The van der Waals surface area contributed by atoms with Crippen LogP contribution in [0.3, 0.4) is 0 Å². The van der Waals surface area contributed by atoms with Crippen LogP contribution in [0.2, 0.25) is 0 Å². The summed E-state index contributed by atoms with van der Waals surface area (Å²) in [7, 11) is 0. The van der Waals surface area contributed by atoms with E-state index in [1.807, 2.05) is 0 Å². The van der Waals surface area contributed by atoms with Crippen LogP contribution in [0.5, 0.6) is 0 Å². The predicted octanol–water partition coefficient (Wildman–Crippen LogP) is 5.25. The van der Waals surface area contributed by atoms with Gasteiger partial charge in [0.1, 0.15) is 0 Å². The summed E-state index contributed by atoms with van der Waals surface area (Å²) in [6.07, 6.45) is 7.46. The summed E-state index contributed by atoms with van der Waals surface area (Å²) in [6, 6.07) is 10.9. The second-order valence-electron chi connectivity index (χ2n) is 6.09. The molecule has 1 aromatic carbocycles. The maximum absolute atomic E-state index is 2.40. The molecule has 0 unspecified atom stereocenters. The summed E-state index contributed by atoms with van der Waals surface area (Å²) in [5, 5.41) is 1.35. The van der Waals surface area contributed by atoms with E-state index >= 15 is 0 Å². The molecule has 0 saturated heterocycles. The van der Waals surface area contributed by atoms with Crippen molar-refractivity contribution in [1.29, 1.82) is 0 Å². The van der Waals surface area contributed by atoms with Gasteiger partial charge in [-0.2, -0.15) is 0 Å². The highest BCUT2D eigenvalue weighted by Gasteiger charge is 2.17. The van der Waals surface area contributed by atoms with Crippen LogP contribution in [-0.2, 0) is 6.54 Å². The van der Waals surface area contributed by atoms with Gasteiger partial charge in [0.25, 0.3) is 0 Å². The Hall–Kier alpha value is -1.24. The number of unbranched alkanes of at least 4 members (excludes halogenated alkanes) is 1. The number of nitrogens with zero attached hydrogens (tertiary/aromatic N) is 1. The van der Waals surface area contributed by atoms with Crippen molar-refractivity contribution < 1.29 is 0 Å². The fourth-order valence-electron chi connectivity index (χ4n) is 2.54. The van der Waals surface area contributed by atoms with E-state index in [1.54, 1.807) is 0 Å². The lowest BCUT2D eigenvalue weighted by Crippen LogP contribution is -2.14. The van der Waals surface area contributed by atoms with Crippen molar-refractivity contribution in [1.82, 2.24) is 4.57 Å². The van der Waals surface area contributed by atoms with Gasteiger partial charge < -0.3 is 4.57 Å². The van der Waals surface area contributed by atoms with Gasteiger partial charge >= 0.3 is 0 Å². The zero-order chi connectivity index (χ0) is 13.0. The number of aryl methyl sites for hydroxylation is 1. The molecule has 1 nitrogen and oxygen atoms in total. The van der Waals surface area contributed by atoms with Gasteiger partial charge in [0, 0.05) is 18.3 Å². The zero-order valence-electron chi connectivity index (χ0n) is 11.9. The standard InChI is InChI=1S/C17H25N/c1-4-5-11-17(2,3)12-14-18-13-10-15-8-6-7-9-16(15)18/h6-10,13H,4-5,11-12,14H2,1-3H3. The molecule has 0 aliphatic heterocycles. The van der Waals surface area contributed by atoms with E-state index in [-0.39, 0.29) is 0 Å². The molecule has 0 fully saturated rings. The van der Waals surface area contributed by atoms with Crippen molar-refractivity contribution in [2.24, 2.45) is 5.41 Å². The Labute approximate surface area is 111 Å². The quantitative estimate of drug-likeness (QED) is 0.653. The first kappa shape index (κ1) is 13.2. The third-order valence-corrected chi connectivity index (χ3v) is 3.92. The second-order valence-corrected chi connectivity index (χ2v) is 6.09. The first-order valence-corrected chi connectivity index (χ1v) is 7.16. The number of fused-ring (bicyclic) bond motifs is 1. The van der Waals surface area contributed by atoms with Gasteiger partial charge in [-0.05, 0) is 35.8 Å². The van der Waals surface area contributed by atoms with Crippen LogP contribution in [0, 0.1) is 5.41 Å². The van der Waals surface area contributed by atoms with Crippen molar-refractivity contribution in [2.75, 3.05) is 0 Å². The number of rotatable bonds is 6. The molecule has 0 N–H and O–H groups in total. The highest BCUT2D eigenvalue weighted by atomic mass is 14.9. The molecule has 98 valence electrons. The molecule has 1 aromatic heterocycles. The molecule has 0 amide bonds.